The summed E-state index contributed by atoms with van der Waals surface area (Å²) < 4.78 is 29.2. The van der Waals surface area contributed by atoms with E-state index in [9.17, 15) is 8.42 Å². The highest BCUT2D eigenvalue weighted by Gasteiger charge is 2.22. The van der Waals surface area contributed by atoms with E-state index in [4.69, 9.17) is 27.4 Å². The van der Waals surface area contributed by atoms with Gasteiger partial charge in [0.1, 0.15) is 0 Å². The SMILES string of the molecule is CC1CCCCN1CCS(=O)(=O)Oc1ccc(Cl)cc1Cl. The summed E-state index contributed by atoms with van der Waals surface area (Å²) in [6, 6.07) is 4.89. The number of hydrogen-bond donors (Lipinski definition) is 0. The van der Waals surface area contributed by atoms with E-state index in [1.807, 2.05) is 0 Å². The van der Waals surface area contributed by atoms with Crippen LogP contribution in [0.25, 0.3) is 0 Å². The van der Waals surface area contributed by atoms with E-state index < -0.39 is 10.1 Å². The summed E-state index contributed by atoms with van der Waals surface area (Å²) in [6.45, 7) is 3.55. The van der Waals surface area contributed by atoms with Crippen LogP contribution in [0.5, 0.6) is 5.75 Å². The summed E-state index contributed by atoms with van der Waals surface area (Å²) in [5.41, 5.74) is 0. The first-order valence-corrected chi connectivity index (χ1v) is 9.32. The standard InChI is InChI=1S/C14H19Cl2NO3S/c1-11-4-2-3-7-17(11)8-9-21(18,19)20-14-6-5-12(15)10-13(14)16/h5-6,10-11H,2-4,7-9H2,1H3. The molecule has 1 unspecified atom stereocenters. The molecule has 4 nitrogen and oxygen atoms in total. The molecule has 21 heavy (non-hydrogen) atoms. The van der Waals surface area contributed by atoms with Gasteiger partial charge in [-0.1, -0.05) is 29.6 Å². The minimum atomic E-state index is -3.66. The van der Waals surface area contributed by atoms with Gasteiger partial charge in [-0.2, -0.15) is 8.42 Å². The third-order valence-corrected chi connectivity index (χ3v) is 5.33. The third-order valence-electron chi connectivity index (χ3n) is 3.68. The number of benzene rings is 1. The summed E-state index contributed by atoms with van der Waals surface area (Å²) in [7, 11) is -3.66. The topological polar surface area (TPSA) is 46.6 Å². The van der Waals surface area contributed by atoms with E-state index in [0.29, 0.717) is 17.6 Å². The van der Waals surface area contributed by atoms with Gasteiger partial charge in [-0.25, -0.2) is 0 Å². The van der Waals surface area contributed by atoms with Gasteiger partial charge in [-0.05, 0) is 44.5 Å². The van der Waals surface area contributed by atoms with Crippen LogP contribution in [-0.4, -0.2) is 38.2 Å². The number of hydrogen-bond acceptors (Lipinski definition) is 4. The van der Waals surface area contributed by atoms with Gasteiger partial charge < -0.3 is 4.18 Å². The summed E-state index contributed by atoms with van der Waals surface area (Å²) in [5.74, 6) is 0.0730. The molecule has 1 aliphatic rings. The number of rotatable bonds is 5. The summed E-state index contributed by atoms with van der Waals surface area (Å²) in [4.78, 5) is 2.19. The average Bonchev–Trinajstić information content (AvgIpc) is 2.41. The molecule has 1 fully saturated rings. The van der Waals surface area contributed by atoms with Crippen molar-refractivity contribution in [3.05, 3.63) is 28.2 Å². The second-order valence-corrected chi connectivity index (χ2v) is 7.83. The Kier molecular flexibility index (Phi) is 5.77. The largest absolute Gasteiger partial charge is 0.381 e. The van der Waals surface area contributed by atoms with Crippen LogP contribution in [-0.2, 0) is 10.1 Å². The molecule has 7 heteroatoms. The predicted octanol–water partition coefficient (Wildman–Crippen LogP) is 3.58. The van der Waals surface area contributed by atoms with E-state index in [1.54, 1.807) is 6.07 Å². The molecule has 0 spiro atoms. The van der Waals surface area contributed by atoms with Crippen LogP contribution in [0.15, 0.2) is 18.2 Å². The van der Waals surface area contributed by atoms with Crippen molar-refractivity contribution >= 4 is 33.3 Å². The lowest BCUT2D eigenvalue weighted by atomic mass is 10.0. The molecule has 0 aromatic heterocycles. The van der Waals surface area contributed by atoms with Crippen LogP contribution in [0.4, 0.5) is 0 Å². The van der Waals surface area contributed by atoms with Crippen molar-refractivity contribution in [1.29, 1.82) is 0 Å². The predicted molar refractivity (Wildman–Crippen MR) is 85.8 cm³/mol. The maximum Gasteiger partial charge on any atom is 0.310 e. The van der Waals surface area contributed by atoms with Gasteiger partial charge >= 0.3 is 10.1 Å². The molecule has 1 atom stereocenters. The second-order valence-electron chi connectivity index (χ2n) is 5.30. The maximum absolute atomic E-state index is 12.0. The Bertz CT molecular complexity index is 592. The molecule has 1 heterocycles. The lowest BCUT2D eigenvalue weighted by Crippen LogP contribution is -2.40. The summed E-state index contributed by atoms with van der Waals surface area (Å²) in [5, 5.41) is 0.629. The molecule has 1 aromatic carbocycles. The van der Waals surface area contributed by atoms with Crippen molar-refractivity contribution in [2.75, 3.05) is 18.8 Å². The van der Waals surface area contributed by atoms with E-state index in [2.05, 4.69) is 11.8 Å². The van der Waals surface area contributed by atoms with E-state index in [1.165, 1.54) is 18.6 Å². The Morgan fingerprint density at radius 3 is 2.76 bits per heavy atom. The van der Waals surface area contributed by atoms with Crippen LogP contribution in [0.2, 0.25) is 10.0 Å². The highest BCUT2D eigenvalue weighted by molar-refractivity contribution is 7.87. The fourth-order valence-electron chi connectivity index (χ4n) is 2.44. The van der Waals surface area contributed by atoms with Gasteiger partial charge in [0.2, 0.25) is 0 Å². The molecular weight excluding hydrogens is 333 g/mol. The lowest BCUT2D eigenvalue weighted by molar-refractivity contribution is 0.170. The van der Waals surface area contributed by atoms with Crippen LogP contribution < -0.4 is 4.18 Å². The normalized spacial score (nSPS) is 20.4. The summed E-state index contributed by atoms with van der Waals surface area (Å²) >= 11 is 11.7. The van der Waals surface area contributed by atoms with Crippen LogP contribution in [0.3, 0.4) is 0 Å². The Balaban J connectivity index is 1.95. The maximum atomic E-state index is 12.0. The molecule has 1 aromatic rings. The Labute approximate surface area is 136 Å². The van der Waals surface area contributed by atoms with Gasteiger partial charge in [0.15, 0.2) is 5.75 Å². The molecule has 2 rings (SSSR count). The van der Waals surface area contributed by atoms with E-state index in [-0.39, 0.29) is 16.5 Å². The minimum Gasteiger partial charge on any atom is -0.381 e. The molecule has 0 amide bonds. The van der Waals surface area contributed by atoms with Crippen LogP contribution in [0, 0.1) is 0 Å². The minimum absolute atomic E-state index is 0.0453. The number of likely N-dealkylation sites (tertiary alicyclic amines) is 1. The zero-order chi connectivity index (χ0) is 15.5. The Morgan fingerprint density at radius 1 is 1.33 bits per heavy atom. The first-order chi connectivity index (χ1) is 9.87. The van der Waals surface area contributed by atoms with Crippen LogP contribution >= 0.6 is 23.2 Å². The summed E-state index contributed by atoms with van der Waals surface area (Å²) in [6.07, 6.45) is 3.44. The fourth-order valence-corrected chi connectivity index (χ4v) is 3.89. The number of nitrogens with zero attached hydrogens (tertiary/aromatic N) is 1. The average molecular weight is 352 g/mol. The van der Waals surface area contributed by atoms with Crippen molar-refractivity contribution in [3.63, 3.8) is 0 Å². The highest BCUT2D eigenvalue weighted by atomic mass is 35.5. The van der Waals surface area contributed by atoms with Crippen molar-refractivity contribution in [3.8, 4) is 5.75 Å². The zero-order valence-corrected chi connectivity index (χ0v) is 14.2. The highest BCUT2D eigenvalue weighted by Crippen LogP contribution is 2.28. The van der Waals surface area contributed by atoms with Gasteiger partial charge in [-0.15, -0.1) is 0 Å². The molecule has 0 aliphatic carbocycles. The zero-order valence-electron chi connectivity index (χ0n) is 11.9. The second kappa shape index (κ2) is 7.18. The van der Waals surface area contributed by atoms with Crippen molar-refractivity contribution < 1.29 is 12.6 Å². The lowest BCUT2D eigenvalue weighted by Gasteiger charge is -2.32. The smallest absolute Gasteiger partial charge is 0.310 e. The van der Waals surface area contributed by atoms with E-state index >= 15 is 0 Å². The Hall–Kier alpha value is -0.490. The molecule has 1 saturated heterocycles. The molecule has 0 saturated carbocycles. The monoisotopic (exact) mass is 351 g/mol. The fraction of sp³-hybridized carbons (Fsp3) is 0.571. The van der Waals surface area contributed by atoms with Crippen molar-refractivity contribution in [2.45, 2.75) is 32.2 Å². The quantitative estimate of drug-likeness (QED) is 0.760. The van der Waals surface area contributed by atoms with Gasteiger partial charge in [0, 0.05) is 17.6 Å². The molecule has 0 radical (unpaired) electrons. The van der Waals surface area contributed by atoms with Gasteiger partial charge in [-0.3, -0.25) is 4.90 Å². The van der Waals surface area contributed by atoms with Crippen molar-refractivity contribution in [2.24, 2.45) is 0 Å². The number of halogens is 2. The van der Waals surface area contributed by atoms with E-state index in [0.717, 1.165) is 19.4 Å². The van der Waals surface area contributed by atoms with Gasteiger partial charge in [0.05, 0.1) is 10.8 Å². The van der Waals surface area contributed by atoms with Crippen molar-refractivity contribution in [1.82, 2.24) is 4.90 Å². The number of piperidine rings is 1. The van der Waals surface area contributed by atoms with Gasteiger partial charge in [0.25, 0.3) is 0 Å². The molecule has 0 N–H and O–H groups in total. The molecule has 1 aliphatic heterocycles. The molecule has 0 bridgehead atoms. The van der Waals surface area contributed by atoms with Crippen LogP contribution in [0.1, 0.15) is 26.2 Å². The third kappa shape index (κ3) is 5.02. The molecular formula is C14H19Cl2NO3S. The molecule has 118 valence electrons. The first kappa shape index (κ1) is 16.9. The first-order valence-electron chi connectivity index (χ1n) is 6.99. The Morgan fingerprint density at radius 2 is 2.10 bits per heavy atom.